The van der Waals surface area contributed by atoms with Gasteiger partial charge in [-0.25, -0.2) is 9.78 Å². The van der Waals surface area contributed by atoms with E-state index in [-0.39, 0.29) is 23.6 Å². The van der Waals surface area contributed by atoms with Crippen molar-refractivity contribution in [1.29, 1.82) is 5.26 Å². The van der Waals surface area contributed by atoms with E-state index in [0.29, 0.717) is 0 Å². The second kappa shape index (κ2) is 4.23. The number of ether oxygens (including phenoxy) is 1. The number of esters is 1. The maximum atomic E-state index is 11.2. The van der Waals surface area contributed by atoms with Gasteiger partial charge in [0.15, 0.2) is 0 Å². The van der Waals surface area contributed by atoms with Gasteiger partial charge in [0.1, 0.15) is 11.6 Å². The van der Waals surface area contributed by atoms with Gasteiger partial charge >= 0.3 is 5.97 Å². The van der Waals surface area contributed by atoms with E-state index in [4.69, 9.17) is 15.1 Å². The van der Waals surface area contributed by atoms with Gasteiger partial charge in [0.2, 0.25) is 5.88 Å². The van der Waals surface area contributed by atoms with Gasteiger partial charge < -0.3 is 9.84 Å². The molecular formula is C9H8N2O3. The number of rotatable bonds is 2. The van der Waals surface area contributed by atoms with Gasteiger partial charge in [-0.15, -0.1) is 0 Å². The number of carbonyl (C=O) groups excluding carboxylic acids is 1. The van der Waals surface area contributed by atoms with Crippen molar-refractivity contribution in [2.45, 2.75) is 6.92 Å². The first-order chi connectivity index (χ1) is 6.69. The predicted molar refractivity (Wildman–Crippen MR) is 46.6 cm³/mol. The van der Waals surface area contributed by atoms with Crippen LogP contribution in [0.2, 0.25) is 0 Å². The number of nitriles is 1. The van der Waals surface area contributed by atoms with Gasteiger partial charge in [0.05, 0.1) is 12.2 Å². The number of pyridine rings is 1. The molecule has 0 saturated heterocycles. The Labute approximate surface area is 80.6 Å². The third-order valence-corrected chi connectivity index (χ3v) is 1.50. The van der Waals surface area contributed by atoms with Crippen molar-refractivity contribution in [2.75, 3.05) is 6.61 Å². The summed E-state index contributed by atoms with van der Waals surface area (Å²) in [5, 5.41) is 17.6. The summed E-state index contributed by atoms with van der Waals surface area (Å²) in [6, 6.07) is 2.95. The largest absolute Gasteiger partial charge is 0.492 e. The Balaban J connectivity index is 3.02. The van der Waals surface area contributed by atoms with Crippen molar-refractivity contribution < 1.29 is 14.6 Å². The number of hydrogen-bond acceptors (Lipinski definition) is 5. The van der Waals surface area contributed by atoms with Gasteiger partial charge in [0, 0.05) is 6.20 Å². The Morgan fingerprint density at radius 3 is 3.07 bits per heavy atom. The van der Waals surface area contributed by atoms with Crippen LogP contribution in [0, 0.1) is 11.3 Å². The molecule has 0 bridgehead atoms. The Kier molecular flexibility index (Phi) is 3.02. The second-order valence-corrected chi connectivity index (χ2v) is 2.43. The zero-order valence-corrected chi connectivity index (χ0v) is 7.52. The zero-order valence-electron chi connectivity index (χ0n) is 7.52. The summed E-state index contributed by atoms with van der Waals surface area (Å²) in [5.74, 6) is -0.947. The molecule has 0 aromatic carbocycles. The standard InChI is InChI=1S/C9H8N2O3/c1-2-14-9(13)7-3-6(4-10)8(12)11-5-7/h3,5H,2H2,1H3,(H,11,12). The molecule has 5 nitrogen and oxygen atoms in total. The predicted octanol–water partition coefficient (Wildman–Crippen LogP) is 0.836. The fourth-order valence-electron chi connectivity index (χ4n) is 0.866. The Hall–Kier alpha value is -2.09. The van der Waals surface area contributed by atoms with E-state index < -0.39 is 5.97 Å². The highest BCUT2D eigenvalue weighted by Gasteiger charge is 2.10. The van der Waals surface area contributed by atoms with Gasteiger partial charge in [0.25, 0.3) is 0 Å². The molecule has 1 aromatic rings. The van der Waals surface area contributed by atoms with Crippen molar-refractivity contribution in [1.82, 2.24) is 4.98 Å². The first kappa shape index (κ1) is 9.99. The zero-order chi connectivity index (χ0) is 10.6. The molecule has 0 aliphatic rings. The second-order valence-electron chi connectivity index (χ2n) is 2.43. The summed E-state index contributed by atoms with van der Waals surface area (Å²) in [7, 11) is 0. The van der Waals surface area contributed by atoms with E-state index >= 15 is 0 Å². The number of hydrogen-bond donors (Lipinski definition) is 1. The van der Waals surface area contributed by atoms with Crippen LogP contribution in [0.1, 0.15) is 22.8 Å². The summed E-state index contributed by atoms with van der Waals surface area (Å²) in [6.07, 6.45) is 1.16. The minimum Gasteiger partial charge on any atom is -0.492 e. The molecule has 0 unspecified atom stereocenters. The van der Waals surface area contributed by atoms with Crippen LogP contribution >= 0.6 is 0 Å². The topological polar surface area (TPSA) is 83.2 Å². The monoisotopic (exact) mass is 192 g/mol. The molecule has 1 heterocycles. The molecule has 5 heteroatoms. The van der Waals surface area contributed by atoms with E-state index in [1.165, 1.54) is 6.07 Å². The van der Waals surface area contributed by atoms with Crippen molar-refractivity contribution in [3.63, 3.8) is 0 Å². The van der Waals surface area contributed by atoms with Gasteiger partial charge in [-0.1, -0.05) is 0 Å². The SMILES string of the molecule is CCOC(=O)c1cnc(O)c(C#N)c1. The molecule has 14 heavy (non-hydrogen) atoms. The average molecular weight is 192 g/mol. The summed E-state index contributed by atoms with van der Waals surface area (Å²) in [6.45, 7) is 1.93. The number of aromatic nitrogens is 1. The first-order valence-corrected chi connectivity index (χ1v) is 3.95. The van der Waals surface area contributed by atoms with Crippen LogP contribution in [-0.4, -0.2) is 22.7 Å². The molecule has 72 valence electrons. The Morgan fingerprint density at radius 2 is 2.50 bits per heavy atom. The molecule has 0 amide bonds. The molecule has 1 aromatic heterocycles. The highest BCUT2D eigenvalue weighted by molar-refractivity contribution is 5.89. The minimum atomic E-state index is -0.559. The van der Waals surface area contributed by atoms with E-state index in [1.807, 2.05) is 0 Å². The van der Waals surface area contributed by atoms with E-state index in [2.05, 4.69) is 4.98 Å². The number of nitrogens with zero attached hydrogens (tertiary/aromatic N) is 2. The van der Waals surface area contributed by atoms with Crippen LogP contribution in [0.5, 0.6) is 5.88 Å². The molecule has 0 aliphatic carbocycles. The van der Waals surface area contributed by atoms with E-state index in [1.54, 1.807) is 13.0 Å². The third-order valence-electron chi connectivity index (χ3n) is 1.50. The lowest BCUT2D eigenvalue weighted by Gasteiger charge is -2.01. The quantitative estimate of drug-likeness (QED) is 0.702. The van der Waals surface area contributed by atoms with Crippen molar-refractivity contribution in [3.8, 4) is 11.9 Å². The fourth-order valence-corrected chi connectivity index (χ4v) is 0.866. The van der Waals surface area contributed by atoms with E-state index in [9.17, 15) is 4.79 Å². The molecule has 0 atom stereocenters. The summed E-state index contributed by atoms with van der Waals surface area (Å²) < 4.78 is 4.70. The van der Waals surface area contributed by atoms with Crippen LogP contribution < -0.4 is 0 Å². The summed E-state index contributed by atoms with van der Waals surface area (Å²) in [5.41, 5.74) is 0.108. The molecule has 0 radical (unpaired) electrons. The third kappa shape index (κ3) is 1.98. The highest BCUT2D eigenvalue weighted by Crippen LogP contribution is 2.13. The molecule has 0 spiro atoms. The van der Waals surface area contributed by atoms with Gasteiger partial charge in [-0.2, -0.15) is 5.26 Å². The van der Waals surface area contributed by atoms with Crippen LogP contribution in [0.3, 0.4) is 0 Å². The smallest absolute Gasteiger partial charge is 0.339 e. The van der Waals surface area contributed by atoms with E-state index in [0.717, 1.165) is 6.20 Å². The molecule has 0 aliphatic heterocycles. The minimum absolute atomic E-state index is 0.0458. The van der Waals surface area contributed by atoms with Crippen LogP contribution in [0.25, 0.3) is 0 Å². The lowest BCUT2D eigenvalue weighted by molar-refractivity contribution is 0.0526. The highest BCUT2D eigenvalue weighted by atomic mass is 16.5. The van der Waals surface area contributed by atoms with Crippen LogP contribution in [0.4, 0.5) is 0 Å². The Bertz CT molecular complexity index is 396. The summed E-state index contributed by atoms with van der Waals surface area (Å²) in [4.78, 5) is 14.7. The normalized spacial score (nSPS) is 9.14. The number of carbonyl (C=O) groups is 1. The summed E-state index contributed by atoms with van der Waals surface area (Å²) >= 11 is 0. The van der Waals surface area contributed by atoms with Gasteiger partial charge in [-0.3, -0.25) is 0 Å². The molecule has 0 fully saturated rings. The van der Waals surface area contributed by atoms with Crippen LogP contribution in [0.15, 0.2) is 12.3 Å². The maximum absolute atomic E-state index is 11.2. The fraction of sp³-hybridized carbons (Fsp3) is 0.222. The molecular weight excluding hydrogens is 184 g/mol. The van der Waals surface area contributed by atoms with Crippen LogP contribution in [-0.2, 0) is 4.74 Å². The van der Waals surface area contributed by atoms with Crippen molar-refractivity contribution in [2.24, 2.45) is 0 Å². The number of aromatic hydroxyl groups is 1. The van der Waals surface area contributed by atoms with Gasteiger partial charge in [-0.05, 0) is 13.0 Å². The molecule has 1 N–H and O–H groups in total. The molecule has 1 rings (SSSR count). The Morgan fingerprint density at radius 1 is 1.79 bits per heavy atom. The molecule has 0 saturated carbocycles. The first-order valence-electron chi connectivity index (χ1n) is 3.95. The van der Waals surface area contributed by atoms with Crippen molar-refractivity contribution in [3.05, 3.63) is 23.4 Å². The lowest BCUT2D eigenvalue weighted by atomic mass is 10.2. The lowest BCUT2D eigenvalue weighted by Crippen LogP contribution is -2.05. The van der Waals surface area contributed by atoms with Crippen molar-refractivity contribution >= 4 is 5.97 Å². The average Bonchev–Trinajstić information content (AvgIpc) is 2.19. The maximum Gasteiger partial charge on any atom is 0.339 e.